The summed E-state index contributed by atoms with van der Waals surface area (Å²) in [4.78, 5) is 13.8. The van der Waals surface area contributed by atoms with E-state index in [0.29, 0.717) is 0 Å². The molecule has 0 spiro atoms. The van der Waals surface area contributed by atoms with E-state index in [-0.39, 0.29) is 0 Å². The van der Waals surface area contributed by atoms with E-state index in [4.69, 9.17) is 4.98 Å². The first kappa shape index (κ1) is 17.1. The molecular formula is C21H22N6. The maximum absolute atomic E-state index is 4.71. The van der Waals surface area contributed by atoms with Crippen LogP contribution >= 0.6 is 0 Å². The summed E-state index contributed by atoms with van der Waals surface area (Å²) in [5.74, 6) is 0.839. The van der Waals surface area contributed by atoms with Gasteiger partial charge in [0.15, 0.2) is 5.82 Å². The molecule has 4 aromatic rings. The third-order valence-electron chi connectivity index (χ3n) is 4.72. The molecule has 6 nitrogen and oxygen atoms in total. The van der Waals surface area contributed by atoms with E-state index in [1.165, 1.54) is 5.56 Å². The number of rotatable bonds is 6. The van der Waals surface area contributed by atoms with Gasteiger partial charge in [-0.3, -0.25) is 4.98 Å². The van der Waals surface area contributed by atoms with Crippen LogP contribution in [-0.4, -0.2) is 29.3 Å². The largest absolute Gasteiger partial charge is 0.327 e. The Bertz CT molecular complexity index is 1030. The quantitative estimate of drug-likeness (QED) is 0.526. The smallest absolute Gasteiger partial charge is 0.177 e. The van der Waals surface area contributed by atoms with Gasteiger partial charge in [0.25, 0.3) is 0 Å². The lowest BCUT2D eigenvalue weighted by atomic mass is 10.1. The highest BCUT2D eigenvalue weighted by atomic mass is 15.3. The molecule has 0 radical (unpaired) electrons. The highest BCUT2D eigenvalue weighted by molar-refractivity contribution is 5.75. The summed E-state index contributed by atoms with van der Waals surface area (Å²) in [5.41, 5.74) is 5.31. The van der Waals surface area contributed by atoms with Crippen molar-refractivity contribution in [1.29, 1.82) is 0 Å². The van der Waals surface area contributed by atoms with Gasteiger partial charge in [-0.2, -0.15) is 5.10 Å². The van der Waals surface area contributed by atoms with Crippen LogP contribution in [0.2, 0.25) is 0 Å². The second-order valence-electron chi connectivity index (χ2n) is 6.42. The summed E-state index contributed by atoms with van der Waals surface area (Å²) in [6.07, 6.45) is 6.18. The van der Waals surface area contributed by atoms with Gasteiger partial charge in [-0.05, 0) is 25.5 Å². The molecule has 3 heterocycles. The maximum atomic E-state index is 4.71. The SMILES string of the molecule is CCn1ncnc1-c1c(-c2ccccc2)ncn1CCc1ncccc1C. The zero-order valence-electron chi connectivity index (χ0n) is 15.6. The fourth-order valence-corrected chi connectivity index (χ4v) is 3.28. The Kier molecular flexibility index (Phi) is 4.78. The number of hydrogen-bond donors (Lipinski definition) is 0. The Balaban J connectivity index is 1.76. The highest BCUT2D eigenvalue weighted by Crippen LogP contribution is 2.30. The Morgan fingerprint density at radius 3 is 2.59 bits per heavy atom. The molecule has 0 saturated carbocycles. The van der Waals surface area contributed by atoms with Crippen LogP contribution in [0.15, 0.2) is 61.3 Å². The van der Waals surface area contributed by atoms with Crippen LogP contribution in [0, 0.1) is 6.92 Å². The molecule has 4 rings (SSSR count). The van der Waals surface area contributed by atoms with E-state index in [9.17, 15) is 0 Å². The van der Waals surface area contributed by atoms with Gasteiger partial charge < -0.3 is 4.57 Å². The standard InChI is InChI=1S/C21H22N6/c1-3-27-21(23-14-25-27)20-19(17-9-5-4-6-10-17)24-15-26(20)13-11-18-16(2)8-7-12-22-18/h4-10,12,14-15H,3,11,13H2,1-2H3. The summed E-state index contributed by atoms with van der Waals surface area (Å²) in [6, 6.07) is 14.3. The molecular weight excluding hydrogens is 336 g/mol. The minimum absolute atomic E-state index is 0.758. The minimum atomic E-state index is 0.758. The van der Waals surface area contributed by atoms with Crippen molar-refractivity contribution in [3.63, 3.8) is 0 Å². The van der Waals surface area contributed by atoms with Crippen LogP contribution in [0.3, 0.4) is 0 Å². The number of aryl methyl sites for hydroxylation is 4. The van der Waals surface area contributed by atoms with Crippen molar-refractivity contribution in [2.45, 2.75) is 33.4 Å². The third kappa shape index (κ3) is 3.38. The predicted molar refractivity (Wildman–Crippen MR) is 105 cm³/mol. The van der Waals surface area contributed by atoms with Crippen molar-refractivity contribution in [3.05, 3.63) is 72.6 Å². The van der Waals surface area contributed by atoms with Gasteiger partial charge in [0.2, 0.25) is 0 Å². The Hall–Kier alpha value is -3.28. The van der Waals surface area contributed by atoms with E-state index in [0.717, 1.165) is 48.0 Å². The zero-order chi connectivity index (χ0) is 18.6. The predicted octanol–water partition coefficient (Wildman–Crippen LogP) is 3.77. The van der Waals surface area contributed by atoms with Crippen molar-refractivity contribution >= 4 is 0 Å². The molecule has 0 N–H and O–H groups in total. The number of hydrogen-bond acceptors (Lipinski definition) is 4. The van der Waals surface area contributed by atoms with Gasteiger partial charge in [0.1, 0.15) is 12.0 Å². The lowest BCUT2D eigenvalue weighted by Gasteiger charge is -2.11. The summed E-state index contributed by atoms with van der Waals surface area (Å²) in [5, 5.41) is 4.35. The van der Waals surface area contributed by atoms with E-state index >= 15 is 0 Å². The van der Waals surface area contributed by atoms with Crippen LogP contribution in [0.4, 0.5) is 0 Å². The van der Waals surface area contributed by atoms with Gasteiger partial charge >= 0.3 is 0 Å². The molecule has 0 aliphatic heterocycles. The van der Waals surface area contributed by atoms with Crippen LogP contribution in [0.25, 0.3) is 22.8 Å². The number of benzene rings is 1. The number of nitrogens with zero attached hydrogens (tertiary/aromatic N) is 6. The van der Waals surface area contributed by atoms with Crippen molar-refractivity contribution in [2.75, 3.05) is 0 Å². The molecule has 0 saturated heterocycles. The molecule has 0 aliphatic rings. The van der Waals surface area contributed by atoms with Gasteiger partial charge in [0, 0.05) is 37.0 Å². The maximum Gasteiger partial charge on any atom is 0.177 e. The topological polar surface area (TPSA) is 61.4 Å². The van der Waals surface area contributed by atoms with Crippen LogP contribution in [0.5, 0.6) is 0 Å². The van der Waals surface area contributed by atoms with Gasteiger partial charge in [-0.1, -0.05) is 36.4 Å². The fourth-order valence-electron chi connectivity index (χ4n) is 3.28. The van der Waals surface area contributed by atoms with Crippen molar-refractivity contribution < 1.29 is 0 Å². The molecule has 1 aromatic carbocycles. The minimum Gasteiger partial charge on any atom is -0.327 e. The molecule has 3 aromatic heterocycles. The molecule has 136 valence electrons. The van der Waals surface area contributed by atoms with Crippen LogP contribution in [0.1, 0.15) is 18.2 Å². The monoisotopic (exact) mass is 358 g/mol. The molecule has 27 heavy (non-hydrogen) atoms. The van der Waals surface area contributed by atoms with Gasteiger partial charge in [0.05, 0.1) is 12.0 Å². The number of pyridine rings is 1. The molecule has 0 aliphatic carbocycles. The molecule has 0 amide bonds. The summed E-state index contributed by atoms with van der Waals surface area (Å²) in [6.45, 7) is 5.70. The van der Waals surface area contributed by atoms with Crippen molar-refractivity contribution in [3.8, 4) is 22.8 Å². The van der Waals surface area contributed by atoms with Crippen LogP contribution in [-0.2, 0) is 19.5 Å². The summed E-state index contributed by atoms with van der Waals surface area (Å²) < 4.78 is 4.07. The third-order valence-corrected chi connectivity index (χ3v) is 4.72. The summed E-state index contributed by atoms with van der Waals surface area (Å²) >= 11 is 0. The van der Waals surface area contributed by atoms with E-state index in [1.54, 1.807) is 6.33 Å². The van der Waals surface area contributed by atoms with E-state index in [1.807, 2.05) is 41.5 Å². The lowest BCUT2D eigenvalue weighted by Crippen LogP contribution is -2.08. The number of aromatic nitrogens is 6. The zero-order valence-corrected chi connectivity index (χ0v) is 15.6. The van der Waals surface area contributed by atoms with Crippen molar-refractivity contribution in [1.82, 2.24) is 29.3 Å². The Morgan fingerprint density at radius 2 is 1.81 bits per heavy atom. The Labute approximate surface area is 158 Å². The molecule has 0 atom stereocenters. The van der Waals surface area contributed by atoms with E-state index in [2.05, 4.69) is 51.7 Å². The average molecular weight is 358 g/mol. The first-order valence-electron chi connectivity index (χ1n) is 9.17. The lowest BCUT2D eigenvalue weighted by molar-refractivity contribution is 0.646. The van der Waals surface area contributed by atoms with Gasteiger partial charge in [-0.25, -0.2) is 14.6 Å². The number of imidazole rings is 1. The second kappa shape index (κ2) is 7.53. The summed E-state index contributed by atoms with van der Waals surface area (Å²) in [7, 11) is 0. The molecule has 0 unspecified atom stereocenters. The average Bonchev–Trinajstić information content (AvgIpc) is 3.34. The first-order chi connectivity index (χ1) is 13.3. The normalized spacial score (nSPS) is 11.0. The second-order valence-corrected chi connectivity index (χ2v) is 6.42. The highest BCUT2D eigenvalue weighted by Gasteiger charge is 2.19. The van der Waals surface area contributed by atoms with Gasteiger partial charge in [-0.15, -0.1) is 0 Å². The van der Waals surface area contributed by atoms with Crippen LogP contribution < -0.4 is 0 Å². The fraction of sp³-hybridized carbons (Fsp3) is 0.238. The molecule has 6 heteroatoms. The molecule has 0 fully saturated rings. The Morgan fingerprint density at radius 1 is 0.963 bits per heavy atom. The first-order valence-corrected chi connectivity index (χ1v) is 9.17. The van der Waals surface area contributed by atoms with Crippen molar-refractivity contribution in [2.24, 2.45) is 0 Å². The van der Waals surface area contributed by atoms with E-state index < -0.39 is 0 Å². The molecule has 0 bridgehead atoms.